The van der Waals surface area contributed by atoms with Crippen molar-refractivity contribution in [3.63, 3.8) is 0 Å². The van der Waals surface area contributed by atoms with Gasteiger partial charge in [0.25, 0.3) is 0 Å². The molecule has 4 fully saturated rings. The van der Waals surface area contributed by atoms with Gasteiger partial charge in [-0.2, -0.15) is 0 Å². The van der Waals surface area contributed by atoms with Gasteiger partial charge in [-0.15, -0.1) is 0 Å². The van der Waals surface area contributed by atoms with Crippen molar-refractivity contribution in [2.75, 3.05) is 7.11 Å². The summed E-state index contributed by atoms with van der Waals surface area (Å²) >= 11 is 6.68. The van der Waals surface area contributed by atoms with Gasteiger partial charge in [-0.3, -0.25) is 0 Å². The van der Waals surface area contributed by atoms with E-state index >= 15 is 0 Å². The SMILES string of the molecule is COc1cc(CNC23CC4C[C@@](C)(C2)C[C@](C)(C4)C3)cc(Cl)c1OCc1cccc(C)c1. The van der Waals surface area contributed by atoms with Gasteiger partial charge in [0.2, 0.25) is 0 Å². The highest BCUT2D eigenvalue weighted by Gasteiger charge is 2.59. The summed E-state index contributed by atoms with van der Waals surface area (Å²) in [5, 5.41) is 4.61. The number of nitrogens with one attached hydrogen (secondary N) is 1. The van der Waals surface area contributed by atoms with E-state index in [-0.39, 0.29) is 5.54 Å². The summed E-state index contributed by atoms with van der Waals surface area (Å²) in [6.07, 6.45) is 8.15. The van der Waals surface area contributed by atoms with Crippen LogP contribution < -0.4 is 14.8 Å². The predicted octanol–water partition coefficient (Wildman–Crippen LogP) is 7.07. The molecule has 0 aliphatic heterocycles. The lowest BCUT2D eigenvalue weighted by molar-refractivity contribution is -0.118. The summed E-state index contributed by atoms with van der Waals surface area (Å²) < 4.78 is 11.8. The summed E-state index contributed by atoms with van der Waals surface area (Å²) in [5.41, 5.74) is 4.77. The molecule has 0 saturated heterocycles. The maximum atomic E-state index is 6.68. The number of benzene rings is 2. The highest BCUT2D eigenvalue weighted by molar-refractivity contribution is 6.32. The first-order chi connectivity index (χ1) is 15.2. The molecule has 0 radical (unpaired) electrons. The van der Waals surface area contributed by atoms with Crippen LogP contribution in [0.2, 0.25) is 5.02 Å². The van der Waals surface area contributed by atoms with Crippen LogP contribution in [0.5, 0.6) is 11.5 Å². The number of methoxy groups -OCH3 is 1. The molecule has 4 heteroatoms. The van der Waals surface area contributed by atoms with Gasteiger partial charge in [0.1, 0.15) is 6.61 Å². The maximum absolute atomic E-state index is 6.68. The number of ether oxygens (including phenoxy) is 2. The molecule has 4 bridgehead atoms. The Morgan fingerprint density at radius 2 is 1.75 bits per heavy atom. The minimum Gasteiger partial charge on any atom is -0.493 e. The highest BCUT2D eigenvalue weighted by atomic mass is 35.5. The molecule has 0 aromatic heterocycles. The predicted molar refractivity (Wildman–Crippen MR) is 130 cm³/mol. The van der Waals surface area contributed by atoms with Crippen LogP contribution in [0.4, 0.5) is 0 Å². The second kappa shape index (κ2) is 7.95. The molecule has 0 spiro atoms. The Morgan fingerprint density at radius 1 is 1.00 bits per heavy atom. The van der Waals surface area contributed by atoms with E-state index in [2.05, 4.69) is 50.4 Å². The third-order valence-corrected chi connectivity index (χ3v) is 8.33. The molecule has 2 unspecified atom stereocenters. The Hall–Kier alpha value is -1.71. The van der Waals surface area contributed by atoms with Crippen molar-refractivity contribution in [3.8, 4) is 11.5 Å². The number of halogens is 1. The van der Waals surface area contributed by atoms with Gasteiger partial charge in [-0.05, 0) is 85.5 Å². The quantitative estimate of drug-likeness (QED) is 0.486. The summed E-state index contributed by atoms with van der Waals surface area (Å²) in [6.45, 7) is 8.41. The average Bonchev–Trinajstić information content (AvgIpc) is 2.68. The molecular weight excluding hydrogens is 418 g/mol. The molecule has 4 aliphatic rings. The van der Waals surface area contributed by atoms with E-state index in [1.807, 2.05) is 12.1 Å². The molecule has 4 saturated carbocycles. The first-order valence-electron chi connectivity index (χ1n) is 12.0. The van der Waals surface area contributed by atoms with Crippen LogP contribution in [0.15, 0.2) is 36.4 Å². The van der Waals surface area contributed by atoms with E-state index < -0.39 is 0 Å². The van der Waals surface area contributed by atoms with Gasteiger partial charge in [-0.1, -0.05) is 55.3 Å². The summed E-state index contributed by atoms with van der Waals surface area (Å²) in [4.78, 5) is 0. The zero-order valence-electron chi connectivity index (χ0n) is 19.9. The Bertz CT molecular complexity index is 1000. The fourth-order valence-electron chi connectivity index (χ4n) is 7.91. The molecule has 2 aromatic carbocycles. The van der Waals surface area contributed by atoms with Crippen LogP contribution in [-0.2, 0) is 13.2 Å². The van der Waals surface area contributed by atoms with Gasteiger partial charge in [0.05, 0.1) is 12.1 Å². The molecular formula is C28H36ClNO2. The van der Waals surface area contributed by atoms with E-state index in [0.29, 0.717) is 34.0 Å². The van der Waals surface area contributed by atoms with Crippen LogP contribution >= 0.6 is 11.6 Å². The molecule has 4 atom stereocenters. The standard InChI is InChI=1S/C28H36ClNO2/c1-19-6-5-7-20(8-19)15-32-25-23(29)9-21(10-24(25)31-4)14-30-28-13-22-11-26(2,17-28)16-27(3,12-22)18-28/h5-10,22,30H,11-18H2,1-4H3/t22?,26-,27+,28?. The zero-order valence-corrected chi connectivity index (χ0v) is 20.6. The van der Waals surface area contributed by atoms with Crippen molar-refractivity contribution >= 4 is 11.6 Å². The normalized spacial score (nSPS) is 32.8. The minimum atomic E-state index is 0.267. The van der Waals surface area contributed by atoms with Gasteiger partial charge in [0.15, 0.2) is 11.5 Å². The maximum Gasteiger partial charge on any atom is 0.180 e. The first kappa shape index (κ1) is 22.1. The average molecular weight is 454 g/mol. The van der Waals surface area contributed by atoms with Gasteiger partial charge < -0.3 is 14.8 Å². The second-order valence-electron chi connectivity index (χ2n) is 11.7. The Kier molecular flexibility index (Phi) is 5.49. The molecule has 1 N–H and O–H groups in total. The van der Waals surface area contributed by atoms with Crippen molar-refractivity contribution in [2.24, 2.45) is 16.7 Å². The van der Waals surface area contributed by atoms with E-state index in [0.717, 1.165) is 23.6 Å². The fourth-order valence-corrected chi connectivity index (χ4v) is 8.20. The molecule has 3 nitrogen and oxygen atoms in total. The monoisotopic (exact) mass is 453 g/mol. The van der Waals surface area contributed by atoms with Crippen LogP contribution in [0.25, 0.3) is 0 Å². The summed E-state index contributed by atoms with van der Waals surface area (Å²) in [5.74, 6) is 2.20. The lowest BCUT2D eigenvalue weighted by atomic mass is 9.43. The third kappa shape index (κ3) is 4.26. The Labute approximate surface area is 197 Å². The summed E-state index contributed by atoms with van der Waals surface area (Å²) in [7, 11) is 1.68. The molecule has 172 valence electrons. The lowest BCUT2D eigenvalue weighted by Gasteiger charge is -2.65. The van der Waals surface area contributed by atoms with Crippen molar-refractivity contribution in [1.29, 1.82) is 0 Å². The van der Waals surface area contributed by atoms with Crippen LogP contribution in [0.1, 0.15) is 69.1 Å². The largest absolute Gasteiger partial charge is 0.493 e. The Morgan fingerprint density at radius 3 is 2.41 bits per heavy atom. The smallest absolute Gasteiger partial charge is 0.180 e. The van der Waals surface area contributed by atoms with Crippen LogP contribution in [0, 0.1) is 23.7 Å². The van der Waals surface area contributed by atoms with Crippen molar-refractivity contribution in [1.82, 2.24) is 5.32 Å². The molecule has 2 aromatic rings. The molecule has 6 rings (SSSR count). The number of aryl methyl sites for hydroxylation is 1. The topological polar surface area (TPSA) is 30.5 Å². The highest BCUT2D eigenvalue weighted by Crippen LogP contribution is 2.66. The van der Waals surface area contributed by atoms with E-state index in [1.54, 1.807) is 7.11 Å². The van der Waals surface area contributed by atoms with E-state index in [9.17, 15) is 0 Å². The van der Waals surface area contributed by atoms with Crippen molar-refractivity contribution in [3.05, 3.63) is 58.1 Å². The molecule has 0 heterocycles. The lowest BCUT2D eigenvalue weighted by Crippen LogP contribution is -2.63. The molecule has 4 aliphatic carbocycles. The van der Waals surface area contributed by atoms with E-state index in [1.165, 1.54) is 44.1 Å². The second-order valence-corrected chi connectivity index (χ2v) is 12.1. The minimum absolute atomic E-state index is 0.267. The molecule has 0 amide bonds. The van der Waals surface area contributed by atoms with Crippen LogP contribution in [0.3, 0.4) is 0 Å². The number of hydrogen-bond donors (Lipinski definition) is 1. The molecule has 32 heavy (non-hydrogen) atoms. The van der Waals surface area contributed by atoms with Gasteiger partial charge in [0, 0.05) is 12.1 Å². The van der Waals surface area contributed by atoms with E-state index in [4.69, 9.17) is 21.1 Å². The van der Waals surface area contributed by atoms with Crippen LogP contribution in [-0.4, -0.2) is 12.6 Å². The number of hydrogen-bond acceptors (Lipinski definition) is 3. The fraction of sp³-hybridized carbons (Fsp3) is 0.571. The van der Waals surface area contributed by atoms with Crippen molar-refractivity contribution in [2.45, 2.75) is 78.0 Å². The number of rotatable bonds is 7. The Balaban J connectivity index is 1.30. The van der Waals surface area contributed by atoms with Crippen molar-refractivity contribution < 1.29 is 9.47 Å². The third-order valence-electron chi connectivity index (χ3n) is 8.05. The van der Waals surface area contributed by atoms with Gasteiger partial charge in [-0.25, -0.2) is 0 Å². The summed E-state index contributed by atoms with van der Waals surface area (Å²) in [6, 6.07) is 12.4. The zero-order chi connectivity index (χ0) is 22.6. The van der Waals surface area contributed by atoms with Gasteiger partial charge >= 0.3 is 0 Å². The first-order valence-corrected chi connectivity index (χ1v) is 12.4.